The minimum Gasteiger partial charge on any atom is -0.450 e. The molecule has 1 amide bonds. The zero-order chi connectivity index (χ0) is 21.2. The van der Waals surface area contributed by atoms with Crippen LogP contribution in [0, 0.1) is 6.92 Å². The van der Waals surface area contributed by atoms with Gasteiger partial charge >= 0.3 is 6.16 Å². The van der Waals surface area contributed by atoms with Crippen LogP contribution in [0.4, 0.5) is 9.80 Å². The lowest BCUT2D eigenvalue weighted by atomic mass is 10.1. The minimum atomic E-state index is -3.05. The molecule has 2 aliphatic rings. The van der Waals surface area contributed by atoms with Gasteiger partial charge in [0, 0.05) is 27.1 Å². The largest absolute Gasteiger partial charge is 0.503 e. The highest BCUT2D eigenvalue weighted by atomic mass is 32.2. The molecule has 0 saturated carbocycles. The summed E-state index contributed by atoms with van der Waals surface area (Å²) in [5, 5.41) is 20.5. The molecular formula is C18H20N2O6S3. The first-order valence-electron chi connectivity index (χ1n) is 8.86. The molecule has 0 radical (unpaired) electrons. The molecule has 0 spiro atoms. The molecule has 0 atom stereocenters. The number of hydrogen-bond donors (Lipinski definition) is 3. The Kier molecular flexibility index (Phi) is 6.39. The van der Waals surface area contributed by atoms with E-state index in [0.717, 1.165) is 56.5 Å². The number of thiazole rings is 1. The van der Waals surface area contributed by atoms with Crippen LogP contribution in [0.1, 0.15) is 35.4 Å². The van der Waals surface area contributed by atoms with Crippen molar-refractivity contribution in [2.75, 3.05) is 11.1 Å². The van der Waals surface area contributed by atoms with E-state index in [-0.39, 0.29) is 17.4 Å². The predicted octanol–water partition coefficient (Wildman–Crippen LogP) is 3.92. The number of allylic oxidation sites excluding steroid dienone is 1. The van der Waals surface area contributed by atoms with Crippen LogP contribution in [0.15, 0.2) is 17.0 Å². The van der Waals surface area contributed by atoms with E-state index in [4.69, 9.17) is 15.0 Å². The summed E-state index contributed by atoms with van der Waals surface area (Å²) in [7, 11) is -3.05. The summed E-state index contributed by atoms with van der Waals surface area (Å²) in [6.45, 7) is 1.94. The van der Waals surface area contributed by atoms with Gasteiger partial charge in [0.05, 0.1) is 11.5 Å². The summed E-state index contributed by atoms with van der Waals surface area (Å²) in [4.78, 5) is 26.5. The fourth-order valence-corrected chi connectivity index (χ4v) is 7.25. The molecule has 0 saturated heterocycles. The summed E-state index contributed by atoms with van der Waals surface area (Å²) in [5.41, 5.74) is 3.70. The summed E-state index contributed by atoms with van der Waals surface area (Å²) >= 11 is 2.92. The molecule has 1 aliphatic heterocycles. The summed E-state index contributed by atoms with van der Waals surface area (Å²) in [6, 6.07) is 0. The maximum Gasteiger partial charge on any atom is 0.503 e. The molecule has 0 unspecified atom stereocenters. The third-order valence-corrected chi connectivity index (χ3v) is 8.36. The van der Waals surface area contributed by atoms with E-state index in [2.05, 4.69) is 10.3 Å². The van der Waals surface area contributed by atoms with Gasteiger partial charge in [0.15, 0.2) is 9.84 Å². The van der Waals surface area contributed by atoms with Crippen LogP contribution in [-0.2, 0) is 26.8 Å². The molecule has 1 aliphatic carbocycles. The van der Waals surface area contributed by atoms with E-state index in [1.165, 1.54) is 22.7 Å². The number of carbonyl (C=O) groups excluding carboxylic acids is 1. The van der Waals surface area contributed by atoms with E-state index in [1.807, 2.05) is 18.4 Å². The molecule has 0 bridgehead atoms. The smallest absolute Gasteiger partial charge is 0.450 e. The number of thiophene rings is 1. The number of nitrogens with zero attached hydrogens (tertiary/aromatic N) is 1. The number of aryl methyl sites for hydroxylation is 1. The Morgan fingerprint density at radius 2 is 1.97 bits per heavy atom. The van der Waals surface area contributed by atoms with E-state index in [9.17, 15) is 13.2 Å². The van der Waals surface area contributed by atoms with E-state index < -0.39 is 16.0 Å². The molecule has 156 valence electrons. The van der Waals surface area contributed by atoms with Crippen LogP contribution in [0.3, 0.4) is 0 Å². The topological polar surface area (TPSA) is 134 Å². The maximum absolute atomic E-state index is 12.5. The number of hydrogen-bond acceptors (Lipinski definition) is 7. The molecule has 2 aromatic rings. The Morgan fingerprint density at radius 1 is 1.24 bits per heavy atom. The standard InChI is InChI=1S/C17H18N2O3S3.CH2O3/c1-10-8-23-16(18-10)14-12-6-7-25(21,22)9-13(12)24-17(14)19-15(20)11-4-2-3-5-11;2-1(3)4/h4,8H,2-3,5-7,9H2,1H3,(H,19,20);(H2,2,3,4). The molecule has 29 heavy (non-hydrogen) atoms. The SMILES string of the molecule is Cc1csc(-c2c(NC(=O)C3=CCCC3)sc3c2CCS(=O)(=O)C3)n1.O=C(O)O. The number of amides is 1. The van der Waals surface area contributed by atoms with E-state index >= 15 is 0 Å². The van der Waals surface area contributed by atoms with Crippen molar-refractivity contribution >= 4 is 49.6 Å². The number of sulfone groups is 1. The Labute approximate surface area is 175 Å². The van der Waals surface area contributed by atoms with Crippen LogP contribution < -0.4 is 5.32 Å². The number of fused-ring (bicyclic) bond motifs is 1. The van der Waals surface area contributed by atoms with Gasteiger partial charge in [0.2, 0.25) is 0 Å². The maximum atomic E-state index is 12.5. The lowest BCUT2D eigenvalue weighted by molar-refractivity contribution is -0.112. The molecule has 8 nitrogen and oxygen atoms in total. The van der Waals surface area contributed by atoms with Crippen LogP contribution in [-0.4, -0.2) is 41.4 Å². The van der Waals surface area contributed by atoms with Gasteiger partial charge in [-0.2, -0.15) is 0 Å². The zero-order valence-corrected chi connectivity index (χ0v) is 18.0. The second kappa shape index (κ2) is 8.64. The van der Waals surface area contributed by atoms with Crippen molar-refractivity contribution in [2.45, 2.75) is 38.4 Å². The van der Waals surface area contributed by atoms with Crippen molar-refractivity contribution in [3.63, 3.8) is 0 Å². The average molecular weight is 457 g/mol. The van der Waals surface area contributed by atoms with Gasteiger partial charge in [0.1, 0.15) is 10.0 Å². The quantitative estimate of drug-likeness (QED) is 0.637. The molecular weight excluding hydrogens is 436 g/mol. The average Bonchev–Trinajstić information content (AvgIpc) is 3.32. The molecule has 0 aromatic carbocycles. The van der Waals surface area contributed by atoms with Gasteiger partial charge < -0.3 is 15.5 Å². The summed E-state index contributed by atoms with van der Waals surface area (Å²) in [6.07, 6.45) is 3.40. The number of aromatic nitrogens is 1. The van der Waals surface area contributed by atoms with Gasteiger partial charge in [-0.25, -0.2) is 18.2 Å². The van der Waals surface area contributed by atoms with Crippen LogP contribution >= 0.6 is 22.7 Å². The highest BCUT2D eigenvalue weighted by Gasteiger charge is 2.30. The molecule has 2 aromatic heterocycles. The first-order chi connectivity index (χ1) is 13.7. The summed E-state index contributed by atoms with van der Waals surface area (Å²) < 4.78 is 24.0. The van der Waals surface area contributed by atoms with Gasteiger partial charge in [0.25, 0.3) is 5.91 Å². The first-order valence-corrected chi connectivity index (χ1v) is 12.4. The van der Waals surface area contributed by atoms with E-state index in [0.29, 0.717) is 6.42 Å². The Balaban J connectivity index is 0.000000552. The van der Waals surface area contributed by atoms with Crippen molar-refractivity contribution in [3.05, 3.63) is 33.2 Å². The Morgan fingerprint density at radius 3 is 2.55 bits per heavy atom. The minimum absolute atomic E-state index is 0.0585. The summed E-state index contributed by atoms with van der Waals surface area (Å²) in [5.74, 6) is 0.142. The molecule has 0 fully saturated rings. The van der Waals surface area contributed by atoms with Crippen molar-refractivity contribution in [1.29, 1.82) is 0 Å². The third kappa shape index (κ3) is 5.22. The lowest BCUT2D eigenvalue weighted by Gasteiger charge is -2.13. The Bertz CT molecular complexity index is 1080. The van der Waals surface area contributed by atoms with Crippen molar-refractivity contribution in [1.82, 2.24) is 4.98 Å². The van der Waals surface area contributed by atoms with Crippen molar-refractivity contribution < 1.29 is 28.2 Å². The molecule has 11 heteroatoms. The van der Waals surface area contributed by atoms with Crippen LogP contribution in [0.5, 0.6) is 0 Å². The second-order valence-corrected chi connectivity index (χ2v) is 10.8. The van der Waals surface area contributed by atoms with E-state index in [1.54, 1.807) is 0 Å². The molecule has 3 N–H and O–H groups in total. The van der Waals surface area contributed by atoms with Gasteiger partial charge in [-0.05, 0) is 38.2 Å². The predicted molar refractivity (Wildman–Crippen MR) is 113 cm³/mol. The fraction of sp³-hybridized carbons (Fsp3) is 0.389. The highest BCUT2D eigenvalue weighted by molar-refractivity contribution is 7.90. The van der Waals surface area contributed by atoms with Gasteiger partial charge in [-0.3, -0.25) is 4.79 Å². The second-order valence-electron chi connectivity index (χ2n) is 6.70. The lowest BCUT2D eigenvalue weighted by Crippen LogP contribution is -2.17. The number of carbonyl (C=O) groups is 2. The third-order valence-electron chi connectivity index (χ3n) is 4.50. The number of nitrogens with one attached hydrogen (secondary N) is 1. The van der Waals surface area contributed by atoms with Crippen molar-refractivity contribution in [3.8, 4) is 10.6 Å². The molecule has 3 heterocycles. The monoisotopic (exact) mass is 456 g/mol. The Hall–Kier alpha value is -2.24. The van der Waals surface area contributed by atoms with Crippen LogP contribution in [0.25, 0.3) is 10.6 Å². The fourth-order valence-electron chi connectivity index (χ4n) is 3.27. The number of carboxylic acid groups (broad SMARTS) is 2. The van der Waals surface area contributed by atoms with Gasteiger partial charge in [-0.15, -0.1) is 22.7 Å². The van der Waals surface area contributed by atoms with Crippen molar-refractivity contribution in [2.24, 2.45) is 0 Å². The van der Waals surface area contributed by atoms with Gasteiger partial charge in [-0.1, -0.05) is 6.08 Å². The number of rotatable bonds is 3. The molecule has 4 rings (SSSR count). The van der Waals surface area contributed by atoms with Crippen LogP contribution in [0.2, 0.25) is 0 Å². The highest BCUT2D eigenvalue weighted by Crippen LogP contribution is 2.45. The zero-order valence-electron chi connectivity index (χ0n) is 15.6. The normalized spacial score (nSPS) is 16.9. The first kappa shape index (κ1) is 21.5. The number of anilines is 1.